The van der Waals surface area contributed by atoms with Gasteiger partial charge in [-0.15, -0.1) is 0 Å². The van der Waals surface area contributed by atoms with Crippen LogP contribution in [0.25, 0.3) is 10.9 Å². The molecule has 2 aromatic carbocycles. The number of nitrogens with one attached hydrogen (secondary N) is 1. The smallest absolute Gasteiger partial charge is 0.0481 e. The Kier molecular flexibility index (Phi) is 4.13. The molecule has 1 N–H and O–H groups in total. The molecule has 0 aliphatic rings. The number of hydrogen-bond acceptors (Lipinski definition) is 1. The van der Waals surface area contributed by atoms with Gasteiger partial charge >= 0.3 is 0 Å². The molecule has 0 amide bonds. The van der Waals surface area contributed by atoms with Gasteiger partial charge < -0.3 is 9.88 Å². The van der Waals surface area contributed by atoms with Gasteiger partial charge in [-0.2, -0.15) is 0 Å². The van der Waals surface area contributed by atoms with Crippen LogP contribution in [-0.2, 0) is 13.6 Å². The van der Waals surface area contributed by atoms with Crippen molar-refractivity contribution in [3.05, 3.63) is 70.3 Å². The van der Waals surface area contributed by atoms with Crippen LogP contribution in [0.3, 0.4) is 0 Å². The Balaban J connectivity index is 1.77. The lowest BCUT2D eigenvalue weighted by Crippen LogP contribution is -2.17. The molecule has 0 saturated carbocycles. The zero-order valence-electron chi connectivity index (χ0n) is 12.3. The molecule has 0 spiro atoms. The summed E-state index contributed by atoms with van der Waals surface area (Å²) >= 11 is 3.53. The summed E-state index contributed by atoms with van der Waals surface area (Å²) in [6.07, 6.45) is 2.21. The van der Waals surface area contributed by atoms with Crippen LogP contribution >= 0.6 is 15.9 Å². The molecule has 108 valence electrons. The lowest BCUT2D eigenvalue weighted by molar-refractivity contribution is 0.575. The molecule has 0 bridgehead atoms. The number of nitrogens with zero attached hydrogens (tertiary/aromatic N) is 1. The fourth-order valence-electron chi connectivity index (χ4n) is 2.72. The van der Waals surface area contributed by atoms with Crippen LogP contribution in [0, 0.1) is 0 Å². The number of aromatic nitrogens is 1. The fourth-order valence-corrected chi connectivity index (χ4v) is 3.14. The van der Waals surface area contributed by atoms with Crippen LogP contribution in [0.5, 0.6) is 0 Å². The van der Waals surface area contributed by atoms with Crippen molar-refractivity contribution in [1.29, 1.82) is 0 Å². The number of hydrogen-bond donors (Lipinski definition) is 1. The molecular formula is C18H19BrN2. The minimum atomic E-state index is 0.321. The normalized spacial score (nSPS) is 12.7. The molecule has 3 aromatic rings. The first-order valence-electron chi connectivity index (χ1n) is 7.17. The number of fused-ring (bicyclic) bond motifs is 1. The van der Waals surface area contributed by atoms with Gasteiger partial charge in [0, 0.05) is 41.2 Å². The number of halogens is 1. The zero-order chi connectivity index (χ0) is 14.8. The maximum Gasteiger partial charge on any atom is 0.0481 e. The van der Waals surface area contributed by atoms with E-state index in [4.69, 9.17) is 0 Å². The van der Waals surface area contributed by atoms with E-state index >= 15 is 0 Å². The topological polar surface area (TPSA) is 17.0 Å². The van der Waals surface area contributed by atoms with E-state index < -0.39 is 0 Å². The summed E-state index contributed by atoms with van der Waals surface area (Å²) in [6.45, 7) is 3.07. The molecular weight excluding hydrogens is 324 g/mol. The van der Waals surface area contributed by atoms with E-state index in [1.165, 1.54) is 22.0 Å². The van der Waals surface area contributed by atoms with Crippen LogP contribution < -0.4 is 5.32 Å². The van der Waals surface area contributed by atoms with Gasteiger partial charge in [-0.1, -0.05) is 46.3 Å². The van der Waals surface area contributed by atoms with Crippen molar-refractivity contribution in [2.24, 2.45) is 7.05 Å². The maximum absolute atomic E-state index is 3.61. The molecule has 0 saturated heterocycles. The summed E-state index contributed by atoms with van der Waals surface area (Å²) in [5.74, 6) is 0. The van der Waals surface area contributed by atoms with Crippen molar-refractivity contribution < 1.29 is 0 Å². The van der Waals surface area contributed by atoms with Crippen molar-refractivity contribution >= 4 is 26.8 Å². The first-order chi connectivity index (χ1) is 10.1. The van der Waals surface area contributed by atoms with E-state index in [0.717, 1.165) is 11.0 Å². The van der Waals surface area contributed by atoms with Gasteiger partial charge in [0.2, 0.25) is 0 Å². The highest BCUT2D eigenvalue weighted by molar-refractivity contribution is 9.10. The molecule has 21 heavy (non-hydrogen) atoms. The number of benzene rings is 2. The van der Waals surface area contributed by atoms with Crippen LogP contribution in [0.15, 0.2) is 59.2 Å². The van der Waals surface area contributed by atoms with Gasteiger partial charge in [0.1, 0.15) is 0 Å². The minimum absolute atomic E-state index is 0.321. The van der Waals surface area contributed by atoms with Crippen molar-refractivity contribution in [2.45, 2.75) is 19.5 Å². The lowest BCUT2D eigenvalue weighted by atomic mass is 10.1. The summed E-state index contributed by atoms with van der Waals surface area (Å²) in [4.78, 5) is 0. The summed E-state index contributed by atoms with van der Waals surface area (Å²) < 4.78 is 3.31. The molecule has 0 aliphatic carbocycles. The Hall–Kier alpha value is -1.58. The summed E-state index contributed by atoms with van der Waals surface area (Å²) in [7, 11) is 2.10. The van der Waals surface area contributed by atoms with Crippen LogP contribution in [0.4, 0.5) is 0 Å². The van der Waals surface area contributed by atoms with E-state index in [9.17, 15) is 0 Å². The molecule has 1 aromatic heterocycles. The molecule has 0 radical (unpaired) electrons. The highest BCUT2D eigenvalue weighted by atomic mass is 79.9. The van der Waals surface area contributed by atoms with Gasteiger partial charge in [0.15, 0.2) is 0 Å². The average Bonchev–Trinajstić information content (AvgIpc) is 2.82. The molecule has 0 aliphatic heterocycles. The first-order valence-corrected chi connectivity index (χ1v) is 7.96. The van der Waals surface area contributed by atoms with Gasteiger partial charge in [0.05, 0.1) is 0 Å². The SMILES string of the molecule is C[C@@H](NCc1cn(C)c2ccccc12)c1cccc(Br)c1. The van der Waals surface area contributed by atoms with E-state index in [0.29, 0.717) is 6.04 Å². The molecule has 3 heteroatoms. The van der Waals surface area contributed by atoms with E-state index in [2.05, 4.69) is 94.5 Å². The first kappa shape index (κ1) is 14.4. The van der Waals surface area contributed by atoms with Crippen molar-refractivity contribution in [1.82, 2.24) is 9.88 Å². The van der Waals surface area contributed by atoms with E-state index in [-0.39, 0.29) is 0 Å². The number of rotatable bonds is 4. The third kappa shape index (κ3) is 3.04. The monoisotopic (exact) mass is 342 g/mol. The molecule has 0 unspecified atom stereocenters. The van der Waals surface area contributed by atoms with Crippen molar-refractivity contribution in [3.8, 4) is 0 Å². The second-order valence-electron chi connectivity index (χ2n) is 5.44. The Morgan fingerprint density at radius 2 is 1.95 bits per heavy atom. The van der Waals surface area contributed by atoms with Gasteiger partial charge in [-0.3, -0.25) is 0 Å². The molecule has 0 fully saturated rings. The predicted molar refractivity (Wildman–Crippen MR) is 92.3 cm³/mol. The standard InChI is InChI=1S/C18H19BrN2/c1-13(14-6-5-7-16(19)10-14)20-11-15-12-21(2)18-9-4-3-8-17(15)18/h3-10,12-13,20H,11H2,1-2H3/t13-/m1/s1. The van der Waals surface area contributed by atoms with Gasteiger partial charge in [-0.05, 0) is 36.2 Å². The average molecular weight is 343 g/mol. The second-order valence-corrected chi connectivity index (χ2v) is 6.36. The Morgan fingerprint density at radius 3 is 2.76 bits per heavy atom. The molecule has 1 atom stereocenters. The Bertz CT molecular complexity index is 761. The Labute approximate surface area is 133 Å². The third-order valence-electron chi connectivity index (χ3n) is 3.93. The van der Waals surface area contributed by atoms with Gasteiger partial charge in [0.25, 0.3) is 0 Å². The predicted octanol–water partition coefficient (Wildman–Crippen LogP) is 4.79. The van der Waals surface area contributed by atoms with Gasteiger partial charge in [-0.25, -0.2) is 0 Å². The van der Waals surface area contributed by atoms with Crippen LogP contribution in [0.1, 0.15) is 24.1 Å². The molecule has 1 heterocycles. The summed E-state index contributed by atoms with van der Waals surface area (Å²) in [6, 6.07) is 17.3. The highest BCUT2D eigenvalue weighted by Crippen LogP contribution is 2.22. The van der Waals surface area contributed by atoms with Crippen LogP contribution in [0.2, 0.25) is 0 Å². The van der Waals surface area contributed by atoms with Crippen molar-refractivity contribution in [3.63, 3.8) is 0 Å². The largest absolute Gasteiger partial charge is 0.350 e. The maximum atomic E-state index is 3.61. The van der Waals surface area contributed by atoms with Crippen LogP contribution in [-0.4, -0.2) is 4.57 Å². The third-order valence-corrected chi connectivity index (χ3v) is 4.42. The van der Waals surface area contributed by atoms with Crippen molar-refractivity contribution in [2.75, 3.05) is 0 Å². The highest BCUT2D eigenvalue weighted by Gasteiger charge is 2.09. The zero-order valence-corrected chi connectivity index (χ0v) is 13.9. The number of aryl methyl sites for hydroxylation is 1. The second kappa shape index (κ2) is 6.04. The summed E-state index contributed by atoms with van der Waals surface area (Å²) in [5, 5.41) is 4.94. The minimum Gasteiger partial charge on any atom is -0.350 e. The number of para-hydroxylation sites is 1. The quantitative estimate of drug-likeness (QED) is 0.721. The molecule has 3 rings (SSSR count). The molecule has 2 nitrogen and oxygen atoms in total. The summed E-state index contributed by atoms with van der Waals surface area (Å²) in [5.41, 5.74) is 3.92. The van der Waals surface area contributed by atoms with E-state index in [1.807, 2.05) is 0 Å². The fraction of sp³-hybridized carbons (Fsp3) is 0.222. The Morgan fingerprint density at radius 1 is 1.14 bits per heavy atom. The lowest BCUT2D eigenvalue weighted by Gasteiger charge is -2.14. The van der Waals surface area contributed by atoms with E-state index in [1.54, 1.807) is 0 Å².